The molecule has 0 aliphatic heterocycles. The number of hydrogen-bond acceptors (Lipinski definition) is 4. The topological polar surface area (TPSA) is 70.7 Å². The normalized spacial score (nSPS) is 10.7. The molecule has 4 heteroatoms. The molecule has 2 aromatic carbocycles. The molecule has 3 aromatic rings. The Hall–Kier alpha value is -2.85. The highest BCUT2D eigenvalue weighted by molar-refractivity contribution is 5.63. The van der Waals surface area contributed by atoms with Gasteiger partial charge in [0, 0.05) is 12.5 Å². The number of rotatable bonds is 5. The van der Waals surface area contributed by atoms with E-state index >= 15 is 0 Å². The minimum absolute atomic E-state index is 0.159. The third-order valence-electron chi connectivity index (χ3n) is 3.90. The molecule has 1 aromatic heterocycles. The van der Waals surface area contributed by atoms with E-state index in [2.05, 4.69) is 12.1 Å². The molecular formula is C20H18O4. The van der Waals surface area contributed by atoms with Gasteiger partial charge >= 0.3 is 0 Å². The predicted molar refractivity (Wildman–Crippen MR) is 91.9 cm³/mol. The highest BCUT2D eigenvalue weighted by atomic mass is 16.4. The Morgan fingerprint density at radius 2 is 1.54 bits per heavy atom. The van der Waals surface area contributed by atoms with Crippen molar-refractivity contribution in [3.63, 3.8) is 0 Å². The van der Waals surface area contributed by atoms with Gasteiger partial charge in [-0.3, -0.25) is 4.79 Å². The first kappa shape index (κ1) is 16.0. The van der Waals surface area contributed by atoms with Crippen LogP contribution in [0.3, 0.4) is 0 Å². The fraction of sp³-hybridized carbons (Fsp3) is 0.150. The molecule has 0 saturated heterocycles. The van der Waals surface area contributed by atoms with Crippen LogP contribution in [0, 0.1) is 0 Å². The molecule has 24 heavy (non-hydrogen) atoms. The Labute approximate surface area is 139 Å². The van der Waals surface area contributed by atoms with Crippen LogP contribution in [-0.2, 0) is 19.4 Å². The molecule has 0 saturated carbocycles. The molecule has 0 fully saturated rings. The summed E-state index contributed by atoms with van der Waals surface area (Å²) in [6.45, 7) is -0.367. The largest absolute Gasteiger partial charge is 0.502 e. The van der Waals surface area contributed by atoms with Crippen LogP contribution in [0.25, 0.3) is 11.1 Å². The van der Waals surface area contributed by atoms with E-state index in [1.54, 1.807) is 0 Å². The van der Waals surface area contributed by atoms with Crippen LogP contribution in [0.5, 0.6) is 5.75 Å². The fourth-order valence-electron chi connectivity index (χ4n) is 2.59. The first-order chi connectivity index (χ1) is 11.7. The molecule has 0 aliphatic carbocycles. The molecule has 0 bridgehead atoms. The van der Waals surface area contributed by atoms with Gasteiger partial charge in [-0.1, -0.05) is 54.6 Å². The van der Waals surface area contributed by atoms with Crippen molar-refractivity contribution in [1.29, 1.82) is 0 Å². The van der Waals surface area contributed by atoms with Crippen molar-refractivity contribution in [1.82, 2.24) is 0 Å². The second kappa shape index (κ2) is 7.15. The average molecular weight is 322 g/mol. The Kier molecular flexibility index (Phi) is 4.77. The van der Waals surface area contributed by atoms with Crippen LogP contribution in [0.15, 0.2) is 69.9 Å². The molecular weight excluding hydrogens is 304 g/mol. The molecule has 0 aliphatic rings. The zero-order chi connectivity index (χ0) is 16.9. The smallest absolute Gasteiger partial charge is 0.227 e. The second-order valence-electron chi connectivity index (χ2n) is 5.57. The maximum atomic E-state index is 11.6. The average Bonchev–Trinajstić information content (AvgIpc) is 2.64. The molecule has 0 spiro atoms. The second-order valence-corrected chi connectivity index (χ2v) is 5.57. The zero-order valence-corrected chi connectivity index (χ0v) is 13.1. The van der Waals surface area contributed by atoms with E-state index in [-0.39, 0.29) is 23.9 Å². The van der Waals surface area contributed by atoms with Crippen LogP contribution in [0.2, 0.25) is 0 Å². The SMILES string of the molecule is O=c1cc(CO)oc(CCc2ccc(-c3ccccc3)cc2)c1O. The molecule has 3 rings (SSSR count). The molecule has 0 atom stereocenters. The van der Waals surface area contributed by atoms with Gasteiger partial charge in [0.2, 0.25) is 11.2 Å². The molecule has 4 nitrogen and oxygen atoms in total. The Balaban J connectivity index is 1.74. The molecule has 122 valence electrons. The van der Waals surface area contributed by atoms with Gasteiger partial charge in [0.1, 0.15) is 18.1 Å². The lowest BCUT2D eigenvalue weighted by Gasteiger charge is -2.07. The monoisotopic (exact) mass is 322 g/mol. The van der Waals surface area contributed by atoms with Crippen LogP contribution in [0.1, 0.15) is 17.1 Å². The summed E-state index contributed by atoms with van der Waals surface area (Å²) in [5.74, 6) is -0.0148. The summed E-state index contributed by atoms with van der Waals surface area (Å²) in [7, 11) is 0. The van der Waals surface area contributed by atoms with Crippen molar-refractivity contribution in [2.24, 2.45) is 0 Å². The van der Waals surface area contributed by atoms with Crippen LogP contribution >= 0.6 is 0 Å². The Morgan fingerprint density at radius 1 is 0.875 bits per heavy atom. The van der Waals surface area contributed by atoms with Gasteiger partial charge in [-0.15, -0.1) is 0 Å². The van der Waals surface area contributed by atoms with Crippen molar-refractivity contribution in [2.45, 2.75) is 19.4 Å². The van der Waals surface area contributed by atoms with E-state index in [1.807, 2.05) is 42.5 Å². The number of aliphatic hydroxyl groups is 1. The number of aromatic hydroxyl groups is 1. The quantitative estimate of drug-likeness (QED) is 0.756. The van der Waals surface area contributed by atoms with Gasteiger partial charge in [-0.2, -0.15) is 0 Å². The third kappa shape index (κ3) is 3.55. The van der Waals surface area contributed by atoms with Crippen LogP contribution in [0.4, 0.5) is 0 Å². The van der Waals surface area contributed by atoms with E-state index in [4.69, 9.17) is 9.52 Å². The lowest BCUT2D eigenvalue weighted by molar-refractivity contribution is 0.235. The van der Waals surface area contributed by atoms with E-state index in [0.717, 1.165) is 22.8 Å². The summed E-state index contributed by atoms with van der Waals surface area (Å²) < 4.78 is 5.35. The highest BCUT2D eigenvalue weighted by Gasteiger charge is 2.11. The zero-order valence-electron chi connectivity index (χ0n) is 13.1. The maximum Gasteiger partial charge on any atom is 0.227 e. The van der Waals surface area contributed by atoms with E-state index < -0.39 is 5.43 Å². The molecule has 0 unspecified atom stereocenters. The third-order valence-corrected chi connectivity index (χ3v) is 3.90. The Bertz CT molecular complexity index is 864. The number of aliphatic hydroxyl groups excluding tert-OH is 1. The van der Waals surface area contributed by atoms with Gasteiger partial charge in [0.25, 0.3) is 0 Å². The molecule has 2 N–H and O–H groups in total. The van der Waals surface area contributed by atoms with Gasteiger partial charge in [-0.05, 0) is 23.1 Å². The summed E-state index contributed by atoms with van der Waals surface area (Å²) in [5.41, 5.74) is 2.84. The fourth-order valence-corrected chi connectivity index (χ4v) is 2.59. The minimum atomic E-state index is -0.528. The lowest BCUT2D eigenvalue weighted by Crippen LogP contribution is -2.05. The first-order valence-electron chi connectivity index (χ1n) is 7.77. The summed E-state index contributed by atoms with van der Waals surface area (Å²) in [6, 6.07) is 19.3. The number of hydrogen-bond donors (Lipinski definition) is 2. The van der Waals surface area contributed by atoms with Gasteiger partial charge in [-0.25, -0.2) is 0 Å². The molecule has 1 heterocycles. The van der Waals surface area contributed by atoms with E-state index in [0.29, 0.717) is 12.8 Å². The minimum Gasteiger partial charge on any atom is -0.502 e. The van der Waals surface area contributed by atoms with Crippen molar-refractivity contribution in [3.8, 4) is 16.9 Å². The highest BCUT2D eigenvalue weighted by Crippen LogP contribution is 2.21. The van der Waals surface area contributed by atoms with Gasteiger partial charge in [0.15, 0.2) is 0 Å². The van der Waals surface area contributed by atoms with Crippen LogP contribution < -0.4 is 5.43 Å². The van der Waals surface area contributed by atoms with Crippen molar-refractivity contribution in [3.05, 3.63) is 88.0 Å². The molecule has 0 radical (unpaired) electrons. The van der Waals surface area contributed by atoms with Crippen molar-refractivity contribution in [2.75, 3.05) is 0 Å². The lowest BCUT2D eigenvalue weighted by atomic mass is 10.0. The maximum absolute atomic E-state index is 11.6. The molecule has 0 amide bonds. The summed E-state index contributed by atoms with van der Waals surface area (Å²) >= 11 is 0. The summed E-state index contributed by atoms with van der Waals surface area (Å²) in [5, 5.41) is 18.9. The van der Waals surface area contributed by atoms with E-state index in [9.17, 15) is 9.90 Å². The first-order valence-corrected chi connectivity index (χ1v) is 7.77. The van der Waals surface area contributed by atoms with Crippen molar-refractivity contribution < 1.29 is 14.6 Å². The predicted octanol–water partition coefficient (Wildman–Crippen LogP) is 3.29. The van der Waals surface area contributed by atoms with Crippen molar-refractivity contribution >= 4 is 0 Å². The standard InChI is InChI=1S/C20H18O4/c21-13-17-12-18(22)20(23)19(24-17)11-8-14-6-9-16(10-7-14)15-4-2-1-3-5-15/h1-7,9-10,12,21,23H,8,11,13H2. The number of benzene rings is 2. The number of aryl methyl sites for hydroxylation is 2. The summed E-state index contributed by atoms with van der Waals surface area (Å²) in [4.78, 5) is 11.6. The van der Waals surface area contributed by atoms with Crippen LogP contribution in [-0.4, -0.2) is 10.2 Å². The van der Waals surface area contributed by atoms with Gasteiger partial charge in [0.05, 0.1) is 0 Å². The Morgan fingerprint density at radius 3 is 2.21 bits per heavy atom. The van der Waals surface area contributed by atoms with Gasteiger partial charge < -0.3 is 14.6 Å². The van der Waals surface area contributed by atoms with E-state index in [1.165, 1.54) is 0 Å². The summed E-state index contributed by atoms with van der Waals surface area (Å²) in [6.07, 6.45) is 1.01.